The lowest BCUT2D eigenvalue weighted by molar-refractivity contribution is 0.603. The Labute approximate surface area is 107 Å². The Kier molecular flexibility index (Phi) is 4.11. The molecule has 0 saturated carbocycles. The Balaban J connectivity index is 2.34. The average molecular weight is 265 g/mol. The standard InChI is InChI=1S/C12H12FN3OS/c13-9-2-1-3-10(8(9)4-6-14)18-12-15-7-5-11(17)16-12/h1-3,5,7H,4,6,14H2,(H,15,16,17). The second kappa shape index (κ2) is 5.79. The fourth-order valence-corrected chi connectivity index (χ4v) is 2.47. The maximum absolute atomic E-state index is 13.7. The van der Waals surface area contributed by atoms with Gasteiger partial charge in [-0.05, 0) is 25.1 Å². The number of aromatic amines is 1. The van der Waals surface area contributed by atoms with Gasteiger partial charge in [-0.3, -0.25) is 4.79 Å². The molecular weight excluding hydrogens is 253 g/mol. The Morgan fingerprint density at radius 1 is 1.39 bits per heavy atom. The minimum Gasteiger partial charge on any atom is -0.330 e. The van der Waals surface area contributed by atoms with E-state index in [4.69, 9.17) is 5.73 Å². The van der Waals surface area contributed by atoms with E-state index in [1.165, 1.54) is 30.1 Å². The van der Waals surface area contributed by atoms with Crippen LogP contribution in [0.5, 0.6) is 0 Å². The number of halogens is 1. The second-order valence-electron chi connectivity index (χ2n) is 3.60. The minimum atomic E-state index is -0.288. The van der Waals surface area contributed by atoms with Crippen LogP contribution in [-0.4, -0.2) is 16.5 Å². The molecule has 0 fully saturated rings. The van der Waals surface area contributed by atoms with Gasteiger partial charge >= 0.3 is 0 Å². The molecule has 0 radical (unpaired) electrons. The molecular formula is C12H12FN3OS. The van der Waals surface area contributed by atoms with Gasteiger partial charge in [0.25, 0.3) is 5.56 Å². The highest BCUT2D eigenvalue weighted by atomic mass is 32.2. The lowest BCUT2D eigenvalue weighted by Gasteiger charge is -2.08. The molecule has 4 nitrogen and oxygen atoms in total. The third-order valence-corrected chi connectivity index (χ3v) is 3.33. The van der Waals surface area contributed by atoms with E-state index < -0.39 is 0 Å². The maximum Gasteiger partial charge on any atom is 0.251 e. The zero-order chi connectivity index (χ0) is 13.0. The Morgan fingerprint density at radius 2 is 2.22 bits per heavy atom. The van der Waals surface area contributed by atoms with E-state index >= 15 is 0 Å². The predicted molar refractivity (Wildman–Crippen MR) is 68.1 cm³/mol. The molecule has 0 bridgehead atoms. The van der Waals surface area contributed by atoms with E-state index in [9.17, 15) is 9.18 Å². The zero-order valence-corrected chi connectivity index (χ0v) is 10.3. The first kappa shape index (κ1) is 12.8. The molecule has 1 aromatic heterocycles. The van der Waals surface area contributed by atoms with Gasteiger partial charge in [0, 0.05) is 22.7 Å². The largest absolute Gasteiger partial charge is 0.330 e. The third kappa shape index (κ3) is 2.96. The highest BCUT2D eigenvalue weighted by Gasteiger charge is 2.09. The Morgan fingerprint density at radius 3 is 2.94 bits per heavy atom. The highest BCUT2D eigenvalue weighted by molar-refractivity contribution is 7.99. The van der Waals surface area contributed by atoms with Gasteiger partial charge in [-0.1, -0.05) is 17.8 Å². The van der Waals surface area contributed by atoms with Crippen molar-refractivity contribution in [3.05, 3.63) is 52.2 Å². The number of hydrogen-bond acceptors (Lipinski definition) is 4. The molecule has 94 valence electrons. The summed E-state index contributed by atoms with van der Waals surface area (Å²) >= 11 is 1.22. The molecule has 0 amide bonds. The molecule has 18 heavy (non-hydrogen) atoms. The quantitative estimate of drug-likeness (QED) is 0.823. The van der Waals surface area contributed by atoms with Gasteiger partial charge in [-0.25, -0.2) is 9.37 Å². The van der Waals surface area contributed by atoms with Crippen LogP contribution in [0.1, 0.15) is 5.56 Å². The number of hydrogen-bond donors (Lipinski definition) is 2. The summed E-state index contributed by atoms with van der Waals surface area (Å²) in [6, 6.07) is 6.14. The van der Waals surface area contributed by atoms with Crippen LogP contribution in [0.4, 0.5) is 4.39 Å². The molecule has 0 atom stereocenters. The van der Waals surface area contributed by atoms with Crippen LogP contribution in [0.2, 0.25) is 0 Å². The van der Waals surface area contributed by atoms with Gasteiger partial charge in [0.05, 0.1) is 0 Å². The summed E-state index contributed by atoms with van der Waals surface area (Å²) in [6.07, 6.45) is 1.87. The normalized spacial score (nSPS) is 10.6. The minimum absolute atomic E-state index is 0.232. The van der Waals surface area contributed by atoms with Gasteiger partial charge in [-0.15, -0.1) is 0 Å². The number of nitrogens with two attached hydrogens (primary N) is 1. The monoisotopic (exact) mass is 265 g/mol. The molecule has 2 aromatic rings. The summed E-state index contributed by atoms with van der Waals surface area (Å²) in [4.78, 5) is 18.5. The first-order valence-corrected chi connectivity index (χ1v) is 6.23. The van der Waals surface area contributed by atoms with Gasteiger partial charge < -0.3 is 10.7 Å². The average Bonchev–Trinajstić information content (AvgIpc) is 2.34. The first-order chi connectivity index (χ1) is 8.70. The fourth-order valence-electron chi connectivity index (χ4n) is 1.53. The summed E-state index contributed by atoms with van der Waals surface area (Å²) < 4.78 is 13.7. The van der Waals surface area contributed by atoms with Gasteiger partial charge in [-0.2, -0.15) is 0 Å². The van der Waals surface area contributed by atoms with E-state index in [0.717, 1.165) is 4.90 Å². The van der Waals surface area contributed by atoms with E-state index in [1.54, 1.807) is 12.1 Å². The summed E-state index contributed by atoms with van der Waals surface area (Å²) in [6.45, 7) is 0.368. The van der Waals surface area contributed by atoms with Crippen LogP contribution < -0.4 is 11.3 Å². The number of aromatic nitrogens is 2. The maximum atomic E-state index is 13.7. The summed E-state index contributed by atoms with van der Waals surface area (Å²) in [5.41, 5.74) is 5.79. The third-order valence-electron chi connectivity index (χ3n) is 2.32. The van der Waals surface area contributed by atoms with Gasteiger partial charge in [0.15, 0.2) is 5.16 Å². The number of H-pyrrole nitrogens is 1. The van der Waals surface area contributed by atoms with Crippen LogP contribution in [0, 0.1) is 5.82 Å². The van der Waals surface area contributed by atoms with E-state index in [2.05, 4.69) is 9.97 Å². The van der Waals surface area contributed by atoms with Gasteiger partial charge in [0.1, 0.15) is 5.82 Å². The van der Waals surface area contributed by atoms with Crippen molar-refractivity contribution in [1.29, 1.82) is 0 Å². The number of rotatable bonds is 4. The van der Waals surface area contributed by atoms with Crippen molar-refractivity contribution in [2.24, 2.45) is 5.73 Å². The molecule has 0 spiro atoms. The van der Waals surface area contributed by atoms with Crippen LogP contribution in [0.3, 0.4) is 0 Å². The second-order valence-corrected chi connectivity index (χ2v) is 4.63. The number of benzene rings is 1. The van der Waals surface area contributed by atoms with Crippen molar-refractivity contribution < 1.29 is 4.39 Å². The molecule has 1 aromatic carbocycles. The lowest BCUT2D eigenvalue weighted by atomic mass is 10.1. The summed E-state index contributed by atoms with van der Waals surface area (Å²) in [5, 5.41) is 0.436. The molecule has 0 unspecified atom stereocenters. The van der Waals surface area contributed by atoms with Crippen molar-refractivity contribution >= 4 is 11.8 Å². The van der Waals surface area contributed by atoms with Crippen LogP contribution in [-0.2, 0) is 6.42 Å². The van der Waals surface area contributed by atoms with Crippen molar-refractivity contribution in [2.75, 3.05) is 6.54 Å². The van der Waals surface area contributed by atoms with Crippen LogP contribution >= 0.6 is 11.8 Å². The summed E-state index contributed by atoms with van der Waals surface area (Å²) in [7, 11) is 0. The molecule has 3 N–H and O–H groups in total. The molecule has 6 heteroatoms. The predicted octanol–water partition coefficient (Wildman–Crippen LogP) is 1.56. The van der Waals surface area contributed by atoms with Gasteiger partial charge in [0.2, 0.25) is 0 Å². The van der Waals surface area contributed by atoms with E-state index in [1.807, 2.05) is 0 Å². The number of nitrogens with zero attached hydrogens (tertiary/aromatic N) is 1. The van der Waals surface area contributed by atoms with Crippen molar-refractivity contribution in [2.45, 2.75) is 16.5 Å². The van der Waals surface area contributed by atoms with Crippen molar-refractivity contribution in [3.8, 4) is 0 Å². The van der Waals surface area contributed by atoms with E-state index in [-0.39, 0.29) is 11.4 Å². The molecule has 0 aliphatic heterocycles. The van der Waals surface area contributed by atoms with Crippen LogP contribution in [0.15, 0.2) is 45.3 Å². The Hall–Kier alpha value is -1.66. The van der Waals surface area contributed by atoms with Crippen LogP contribution in [0.25, 0.3) is 0 Å². The smallest absolute Gasteiger partial charge is 0.251 e. The Bertz CT molecular complexity index is 600. The lowest BCUT2D eigenvalue weighted by Crippen LogP contribution is -2.07. The van der Waals surface area contributed by atoms with Crippen molar-refractivity contribution in [1.82, 2.24) is 9.97 Å². The number of nitrogens with one attached hydrogen (secondary N) is 1. The molecule has 1 heterocycles. The highest BCUT2D eigenvalue weighted by Crippen LogP contribution is 2.28. The first-order valence-electron chi connectivity index (χ1n) is 5.41. The molecule has 0 aliphatic rings. The molecule has 0 saturated heterocycles. The SMILES string of the molecule is NCCc1c(F)cccc1Sc1nccc(=O)[nH]1. The molecule has 2 rings (SSSR count). The van der Waals surface area contributed by atoms with E-state index in [0.29, 0.717) is 23.7 Å². The fraction of sp³-hybridized carbons (Fsp3) is 0.167. The zero-order valence-electron chi connectivity index (χ0n) is 9.52. The molecule has 0 aliphatic carbocycles. The summed E-state index contributed by atoms with van der Waals surface area (Å²) in [5.74, 6) is -0.288. The topological polar surface area (TPSA) is 71.8 Å². The van der Waals surface area contributed by atoms with Crippen molar-refractivity contribution in [3.63, 3.8) is 0 Å².